The predicted octanol–water partition coefficient (Wildman–Crippen LogP) is 4.60. The highest BCUT2D eigenvalue weighted by atomic mass is 28.6. The lowest BCUT2D eigenvalue weighted by Gasteiger charge is -2.57. The van der Waals surface area contributed by atoms with E-state index >= 15 is 0 Å². The minimum Gasteiger partial charge on any atom is -0.462 e. The molecule has 0 radical (unpaired) electrons. The highest BCUT2D eigenvalue weighted by Crippen LogP contribution is 2.47. The van der Waals surface area contributed by atoms with Crippen molar-refractivity contribution in [3.8, 4) is 0 Å². The van der Waals surface area contributed by atoms with Crippen LogP contribution in [-0.4, -0.2) is 92.1 Å². The van der Waals surface area contributed by atoms with Crippen molar-refractivity contribution in [2.75, 3.05) is 6.61 Å². The van der Waals surface area contributed by atoms with Crippen molar-refractivity contribution in [2.45, 2.75) is 123 Å². The maximum absolute atomic E-state index is 12.0. The van der Waals surface area contributed by atoms with E-state index in [4.69, 9.17) is 45.9 Å². The number of carbonyl (C=O) groups is 1. The first-order valence-electron chi connectivity index (χ1n) is 16.1. The summed E-state index contributed by atoms with van der Waals surface area (Å²) in [6, 6.07) is 2.26. The number of carbonyl (C=O) groups excluding carboxylic acids is 1. The van der Waals surface area contributed by atoms with Crippen molar-refractivity contribution < 1.29 is 60.3 Å². The minimum absolute atomic E-state index is 0.129. The van der Waals surface area contributed by atoms with Crippen LogP contribution in [0, 0.1) is 0 Å². The molecule has 3 fully saturated rings. The Labute approximate surface area is 277 Å². The highest BCUT2D eigenvalue weighted by Gasteiger charge is 2.75. The molecule has 0 aromatic heterocycles. The van der Waals surface area contributed by atoms with Crippen molar-refractivity contribution in [1.29, 1.82) is 0 Å². The molecule has 14 nitrogen and oxygen atoms in total. The zero-order chi connectivity index (χ0) is 34.0. The molecular formula is C23H54O14Si8. The van der Waals surface area contributed by atoms with Gasteiger partial charge in [-0.15, -0.1) is 0 Å². The zero-order valence-corrected chi connectivity index (χ0v) is 36.6. The Morgan fingerprint density at radius 1 is 0.644 bits per heavy atom. The molecule has 0 amide bonds. The van der Waals surface area contributed by atoms with Crippen molar-refractivity contribution in [3.63, 3.8) is 0 Å². The molecule has 3 aliphatic heterocycles. The first-order chi connectivity index (χ1) is 20.8. The molecule has 22 heteroatoms. The fourth-order valence-corrected chi connectivity index (χ4v) is 47.3. The smallest absolute Gasteiger partial charge is 0.462 e. The number of hydrogen-bond acceptors (Lipinski definition) is 14. The van der Waals surface area contributed by atoms with E-state index in [9.17, 15) is 14.4 Å². The van der Waals surface area contributed by atoms with Crippen LogP contribution in [0.3, 0.4) is 0 Å². The van der Waals surface area contributed by atoms with Crippen LogP contribution in [0.4, 0.5) is 0 Å². The van der Waals surface area contributed by atoms with Crippen LogP contribution in [0.2, 0.25) is 61.4 Å². The van der Waals surface area contributed by atoms with Gasteiger partial charge in [-0.05, 0) is 32.5 Å². The number of esters is 1. The van der Waals surface area contributed by atoms with Gasteiger partial charge in [-0.25, -0.2) is 4.79 Å². The van der Waals surface area contributed by atoms with Gasteiger partial charge in [0.15, 0.2) is 8.32 Å². The molecule has 3 heterocycles. The highest BCUT2D eigenvalue weighted by molar-refractivity contribution is 6.99. The lowest BCUT2D eigenvalue weighted by Crippen LogP contribution is -2.82. The molecule has 3 aliphatic rings. The normalized spacial score (nSPS) is 40.5. The van der Waals surface area contributed by atoms with Crippen LogP contribution < -0.4 is 0 Å². The van der Waals surface area contributed by atoms with Gasteiger partial charge < -0.3 is 55.5 Å². The fourth-order valence-electron chi connectivity index (χ4n) is 5.14. The molecule has 0 aromatic rings. The van der Waals surface area contributed by atoms with Crippen LogP contribution in [0.25, 0.3) is 0 Å². The van der Waals surface area contributed by atoms with E-state index in [1.165, 1.54) is 0 Å². The average molecular weight is 779 g/mol. The first-order valence-corrected chi connectivity index (χ1v) is 32.8. The molecule has 0 aliphatic carbocycles. The Bertz CT molecular complexity index is 1030. The van der Waals surface area contributed by atoms with Gasteiger partial charge in [0.05, 0.1) is 6.61 Å². The van der Waals surface area contributed by atoms with Gasteiger partial charge in [-0.3, -0.25) is 0 Å². The maximum Gasteiger partial charge on any atom is 0.483 e. The summed E-state index contributed by atoms with van der Waals surface area (Å²) in [7, 11) is -30.1. The van der Waals surface area contributed by atoms with Crippen LogP contribution >= 0.6 is 0 Å². The summed E-state index contributed by atoms with van der Waals surface area (Å²) in [5.74, 6) is -0.434. The van der Waals surface area contributed by atoms with Crippen LogP contribution in [-0.2, 0) is 50.7 Å². The molecule has 262 valence electrons. The van der Waals surface area contributed by atoms with E-state index in [1.807, 2.05) is 47.7 Å². The van der Waals surface area contributed by atoms with Gasteiger partial charge in [0, 0.05) is 47.9 Å². The molecule has 4 unspecified atom stereocenters. The van der Waals surface area contributed by atoms with E-state index in [-0.39, 0.29) is 36.8 Å². The summed E-state index contributed by atoms with van der Waals surface area (Å²) in [6.45, 7) is 22.4. The van der Waals surface area contributed by atoms with Gasteiger partial charge in [0.25, 0.3) is 0 Å². The largest absolute Gasteiger partial charge is 0.483 e. The third kappa shape index (κ3) is 9.18. The van der Waals surface area contributed by atoms with Crippen molar-refractivity contribution in [2.24, 2.45) is 0 Å². The third-order valence-electron chi connectivity index (χ3n) is 7.81. The van der Waals surface area contributed by atoms with Crippen LogP contribution in [0.15, 0.2) is 12.2 Å². The molecule has 3 saturated heterocycles. The second kappa shape index (κ2) is 14.8. The van der Waals surface area contributed by atoms with E-state index in [0.717, 1.165) is 0 Å². The summed E-state index contributed by atoms with van der Waals surface area (Å²) < 4.78 is 73.4. The molecule has 0 spiro atoms. The summed E-state index contributed by atoms with van der Waals surface area (Å²) >= 11 is 0. The van der Waals surface area contributed by atoms with E-state index in [2.05, 4.69) is 6.58 Å². The Morgan fingerprint density at radius 3 is 1.36 bits per heavy atom. The Morgan fingerprint density at radius 2 is 1.02 bits per heavy atom. The molecule has 3 rings (SSSR count). The van der Waals surface area contributed by atoms with Gasteiger partial charge >= 0.3 is 67.6 Å². The van der Waals surface area contributed by atoms with Crippen molar-refractivity contribution in [3.05, 3.63) is 12.2 Å². The van der Waals surface area contributed by atoms with E-state index in [0.29, 0.717) is 30.1 Å². The average Bonchev–Trinajstić information content (AvgIpc) is 2.96. The second-order valence-corrected chi connectivity index (χ2v) is 38.9. The minimum atomic E-state index is -4.09. The number of rotatable bonds is 14. The van der Waals surface area contributed by atoms with Crippen molar-refractivity contribution in [1.82, 2.24) is 0 Å². The Kier molecular flexibility index (Phi) is 13.1. The zero-order valence-electron chi connectivity index (χ0n) is 28.6. The molecule has 0 saturated carbocycles. The fraction of sp³-hybridized carbons (Fsp3) is 0.870. The van der Waals surface area contributed by atoms with Gasteiger partial charge in [0.1, 0.15) is 0 Å². The molecule has 2 N–H and O–H groups in total. The topological polar surface area (TPSA) is 159 Å². The van der Waals surface area contributed by atoms with Crippen LogP contribution in [0.5, 0.6) is 0 Å². The third-order valence-corrected chi connectivity index (χ3v) is 41.5. The van der Waals surface area contributed by atoms with Crippen molar-refractivity contribution >= 4 is 75.9 Å². The number of ether oxygens (including phenoxy) is 1. The molecule has 45 heavy (non-hydrogen) atoms. The van der Waals surface area contributed by atoms with Crippen LogP contribution in [0.1, 0.15) is 61.8 Å². The Balaban J connectivity index is 2.17. The van der Waals surface area contributed by atoms with Gasteiger partial charge in [0.2, 0.25) is 0 Å². The summed E-state index contributed by atoms with van der Waals surface area (Å²) in [6.07, 6.45) is 0.565. The summed E-state index contributed by atoms with van der Waals surface area (Å²) in [4.78, 5) is 35.9. The lowest BCUT2D eigenvalue weighted by atomic mass is 10.4. The van der Waals surface area contributed by atoms with E-state index in [1.54, 1.807) is 20.8 Å². The standard InChI is InChI=1S/C23H54O14Si8/c1-12-39(25)29-42(15-4)30-40(26,13-2)32-44(17-6)34-41(14-3,28-38(10,11)21-19-20-27-23(24)22(8)9)33-43(16-5,31-39)36-45(18-7,35-42)37-44/h25-26H,8,12-21H2,1-7,9-11H3. The van der Waals surface area contributed by atoms with Gasteiger partial charge in [-0.1, -0.05) is 55.0 Å². The molecule has 4 atom stereocenters. The van der Waals surface area contributed by atoms with Gasteiger partial charge in [-0.2, -0.15) is 0 Å². The predicted molar refractivity (Wildman–Crippen MR) is 182 cm³/mol. The quantitative estimate of drug-likeness (QED) is 0.109. The monoisotopic (exact) mass is 778 g/mol. The van der Waals surface area contributed by atoms with E-state index < -0.39 is 75.9 Å². The molecule has 4 bridgehead atoms. The lowest BCUT2D eigenvalue weighted by molar-refractivity contribution is -0.139. The molecular weight excluding hydrogens is 725 g/mol. The summed E-state index contributed by atoms with van der Waals surface area (Å²) in [5.41, 5.74) is 0.341. The first kappa shape index (κ1) is 39.9. The number of hydrogen-bond donors (Lipinski definition) is 2. The maximum atomic E-state index is 12.0. The number of fused-ring (bicyclic) bond motifs is 3. The second-order valence-electron chi connectivity index (χ2n) is 12.1. The summed E-state index contributed by atoms with van der Waals surface area (Å²) in [5, 5.41) is 0. The molecule has 0 aromatic carbocycles. The Hall–Kier alpha value is 0.465. The SMILES string of the molecule is C=C(C)C(=O)OCCC[Si](C)(C)O[Si]1(CC)O[Si]2(CC)O[Si](O)(CC)O[Si]3(CC)O[Si](O)(CC)O[Si](CC)(O1)O[Si](CC)(O3)O2.